The fourth-order valence-electron chi connectivity index (χ4n) is 2.03. The van der Waals surface area contributed by atoms with Crippen LogP contribution < -0.4 is 21.5 Å². The molecule has 6 N–H and O–H groups in total. The molecule has 1 aromatic heterocycles. The third kappa shape index (κ3) is 4.16. The number of pyridine rings is 1. The Bertz CT molecular complexity index is 958. The molecule has 0 aliphatic heterocycles. The van der Waals surface area contributed by atoms with E-state index in [0.717, 1.165) is 0 Å². The number of fused-ring (bicyclic) bond motifs is 1. The molecule has 0 bridgehead atoms. The molecular formula is C14H17ClN6O3S. The zero-order valence-corrected chi connectivity index (χ0v) is 15.0. The summed E-state index contributed by atoms with van der Waals surface area (Å²) in [7, 11) is -3.96. The average molecular weight is 385 g/mol. The fraction of sp³-hybridized carbons (Fsp3) is 0.214. The Kier molecular flexibility index (Phi) is 5.16. The van der Waals surface area contributed by atoms with Gasteiger partial charge in [-0.1, -0.05) is 6.07 Å². The lowest BCUT2D eigenvalue weighted by Gasteiger charge is -2.22. The van der Waals surface area contributed by atoms with Crippen molar-refractivity contribution < 1.29 is 13.2 Å². The molecule has 0 fully saturated rings. The van der Waals surface area contributed by atoms with Crippen molar-refractivity contribution in [3.05, 3.63) is 30.6 Å². The van der Waals surface area contributed by atoms with E-state index in [0.29, 0.717) is 16.5 Å². The van der Waals surface area contributed by atoms with E-state index < -0.39 is 21.5 Å². The highest BCUT2D eigenvalue weighted by Crippen LogP contribution is 2.25. The maximum atomic E-state index is 12.5. The minimum atomic E-state index is -3.96. The lowest BCUT2D eigenvalue weighted by molar-refractivity contribution is -0.122. The highest BCUT2D eigenvalue weighted by molar-refractivity contribution is 7.89. The highest BCUT2D eigenvalue weighted by atomic mass is 35.5. The molecule has 0 atom stereocenters. The summed E-state index contributed by atoms with van der Waals surface area (Å²) in [5.41, 5.74) is 9.81. The van der Waals surface area contributed by atoms with Crippen molar-refractivity contribution in [1.29, 1.82) is 0 Å². The second kappa shape index (κ2) is 6.82. The maximum absolute atomic E-state index is 12.5. The monoisotopic (exact) mass is 384 g/mol. The van der Waals surface area contributed by atoms with Gasteiger partial charge in [-0.25, -0.2) is 8.42 Å². The van der Waals surface area contributed by atoms with Gasteiger partial charge in [0.05, 0.1) is 16.8 Å². The van der Waals surface area contributed by atoms with Crippen molar-refractivity contribution in [3.63, 3.8) is 0 Å². The Morgan fingerprint density at radius 2 is 1.96 bits per heavy atom. The lowest BCUT2D eigenvalue weighted by Crippen LogP contribution is -2.52. The van der Waals surface area contributed by atoms with Crippen LogP contribution in [-0.2, 0) is 14.8 Å². The quantitative estimate of drug-likeness (QED) is 0.438. The number of benzene rings is 1. The van der Waals surface area contributed by atoms with Crippen LogP contribution in [0.3, 0.4) is 0 Å². The summed E-state index contributed by atoms with van der Waals surface area (Å²) in [4.78, 5) is 15.3. The first kappa shape index (κ1) is 18.9. The van der Waals surface area contributed by atoms with Crippen molar-refractivity contribution in [1.82, 2.24) is 9.71 Å². The first-order chi connectivity index (χ1) is 11.6. The second-order valence-corrected chi connectivity index (χ2v) is 7.61. The fourth-order valence-corrected chi connectivity index (χ4v) is 3.49. The predicted octanol–water partition coefficient (Wildman–Crippen LogP) is 0.657. The molecule has 0 aliphatic carbocycles. The normalized spacial score (nSPS) is 13.0. The number of hydrogen-bond donors (Lipinski definition) is 4. The number of primary amides is 1. The minimum absolute atomic E-state index is 0.0301. The molecule has 0 spiro atoms. The number of carbonyl (C=O) groups excluding carboxylic acids is 1. The van der Waals surface area contributed by atoms with Crippen molar-refractivity contribution in [2.75, 3.05) is 5.32 Å². The van der Waals surface area contributed by atoms with Crippen LogP contribution in [-0.4, -0.2) is 30.8 Å². The van der Waals surface area contributed by atoms with Crippen LogP contribution in [0.2, 0.25) is 0 Å². The van der Waals surface area contributed by atoms with Crippen molar-refractivity contribution >= 4 is 50.1 Å². The number of halogens is 1. The molecule has 25 heavy (non-hydrogen) atoms. The molecule has 11 heteroatoms. The largest absolute Gasteiger partial charge is 0.369 e. The van der Waals surface area contributed by atoms with Gasteiger partial charge in [0.15, 0.2) is 0 Å². The van der Waals surface area contributed by atoms with Gasteiger partial charge in [0, 0.05) is 28.7 Å². The number of aromatic nitrogens is 1. The molecular weight excluding hydrogens is 368 g/mol. The Labute approximate surface area is 149 Å². The van der Waals surface area contributed by atoms with E-state index in [1.807, 2.05) is 0 Å². The molecule has 9 nitrogen and oxygen atoms in total. The lowest BCUT2D eigenvalue weighted by atomic mass is 10.1. The molecule has 1 aromatic carbocycles. The van der Waals surface area contributed by atoms with E-state index in [-0.39, 0.29) is 10.9 Å². The molecule has 2 aromatic rings. The van der Waals surface area contributed by atoms with E-state index >= 15 is 0 Å². The van der Waals surface area contributed by atoms with Crippen LogP contribution in [0.1, 0.15) is 13.8 Å². The summed E-state index contributed by atoms with van der Waals surface area (Å²) < 4.78 is 30.5. The Morgan fingerprint density at radius 1 is 1.28 bits per heavy atom. The molecule has 0 radical (unpaired) electrons. The topological polar surface area (TPSA) is 153 Å². The summed E-state index contributed by atoms with van der Waals surface area (Å²) >= 11 is 5.28. The van der Waals surface area contributed by atoms with Gasteiger partial charge in [0.2, 0.25) is 21.9 Å². The first-order valence-corrected chi connectivity index (χ1v) is 8.82. The van der Waals surface area contributed by atoms with Gasteiger partial charge in [-0.15, -0.1) is 4.51 Å². The summed E-state index contributed by atoms with van der Waals surface area (Å²) in [6.45, 7) is 2.76. The molecule has 2 rings (SSSR count). The third-order valence-corrected chi connectivity index (χ3v) is 5.24. The molecule has 1 heterocycles. The third-order valence-electron chi connectivity index (χ3n) is 3.40. The zero-order chi connectivity index (χ0) is 18.8. The van der Waals surface area contributed by atoms with Crippen LogP contribution in [0.25, 0.3) is 10.8 Å². The molecule has 0 aliphatic rings. The Hall–Kier alpha value is -2.43. The zero-order valence-electron chi connectivity index (χ0n) is 13.4. The number of anilines is 1. The van der Waals surface area contributed by atoms with Gasteiger partial charge in [0.25, 0.3) is 0 Å². The summed E-state index contributed by atoms with van der Waals surface area (Å²) in [6.07, 6.45) is 2.99. The van der Waals surface area contributed by atoms with Gasteiger partial charge in [-0.05, 0) is 26.0 Å². The SMILES string of the molecule is CC(C)(NS(=O)(=O)c1ccc2c(NC(N)=NCl)cncc2c1)C(N)=O. The van der Waals surface area contributed by atoms with Crippen LogP contribution in [0.4, 0.5) is 5.69 Å². The van der Waals surface area contributed by atoms with Crippen molar-refractivity contribution in [3.8, 4) is 0 Å². The van der Waals surface area contributed by atoms with Crippen LogP contribution >= 0.6 is 11.8 Å². The van der Waals surface area contributed by atoms with E-state index in [1.54, 1.807) is 6.07 Å². The average Bonchev–Trinajstić information content (AvgIpc) is 2.53. The van der Waals surface area contributed by atoms with Gasteiger partial charge >= 0.3 is 0 Å². The number of guanidine groups is 1. The van der Waals surface area contributed by atoms with Gasteiger partial charge in [0.1, 0.15) is 5.54 Å². The van der Waals surface area contributed by atoms with Crippen LogP contribution in [0, 0.1) is 0 Å². The van der Waals surface area contributed by atoms with Gasteiger partial charge in [-0.3, -0.25) is 9.78 Å². The number of nitrogens with one attached hydrogen (secondary N) is 2. The maximum Gasteiger partial charge on any atom is 0.241 e. The van der Waals surface area contributed by atoms with E-state index in [1.165, 1.54) is 38.4 Å². The minimum Gasteiger partial charge on any atom is -0.369 e. The number of nitrogens with zero attached hydrogens (tertiary/aromatic N) is 2. The number of sulfonamides is 1. The van der Waals surface area contributed by atoms with E-state index in [2.05, 4.69) is 19.5 Å². The summed E-state index contributed by atoms with van der Waals surface area (Å²) in [5, 5.41) is 3.95. The van der Waals surface area contributed by atoms with E-state index in [4.69, 9.17) is 23.2 Å². The van der Waals surface area contributed by atoms with Gasteiger partial charge in [-0.2, -0.15) is 4.72 Å². The molecule has 0 unspecified atom stereocenters. The first-order valence-electron chi connectivity index (χ1n) is 7.00. The number of rotatable bonds is 5. The van der Waals surface area contributed by atoms with E-state index in [9.17, 15) is 13.2 Å². The number of amides is 1. The summed E-state index contributed by atoms with van der Waals surface area (Å²) in [5.74, 6) is -0.821. The molecule has 1 amide bonds. The number of hydrogen-bond acceptors (Lipinski definition) is 5. The smallest absolute Gasteiger partial charge is 0.241 e. The molecule has 0 saturated heterocycles. The van der Waals surface area contributed by atoms with Crippen LogP contribution in [0.15, 0.2) is 40.0 Å². The van der Waals surface area contributed by atoms with Gasteiger partial charge < -0.3 is 16.8 Å². The van der Waals surface area contributed by atoms with Crippen LogP contribution in [0.5, 0.6) is 0 Å². The molecule has 134 valence electrons. The Morgan fingerprint density at radius 3 is 2.56 bits per heavy atom. The highest BCUT2D eigenvalue weighted by Gasteiger charge is 2.31. The molecule has 0 saturated carbocycles. The predicted molar refractivity (Wildman–Crippen MR) is 96.4 cm³/mol. The Balaban J connectivity index is 2.47. The standard InChI is InChI=1S/C14H17ClN6O3S/c1-14(2,12(16)22)21-25(23,24)9-3-4-10-8(5-9)6-18-7-11(10)19-13(17)20-15/h3-7,21H,1-2H3,(H2,16,22)(H3,17,19,20). The van der Waals surface area contributed by atoms with Crippen molar-refractivity contribution in [2.45, 2.75) is 24.3 Å². The number of carbonyl (C=O) groups is 1. The second-order valence-electron chi connectivity index (χ2n) is 5.76. The van der Waals surface area contributed by atoms with Crippen molar-refractivity contribution in [2.24, 2.45) is 16.0 Å². The summed E-state index contributed by atoms with van der Waals surface area (Å²) in [6, 6.07) is 4.38. The number of nitrogens with two attached hydrogens (primary N) is 2.